The Morgan fingerprint density at radius 1 is 0.719 bits per heavy atom. The zero-order valence-electron chi connectivity index (χ0n) is 17.5. The molecule has 1 aliphatic heterocycles. The summed E-state index contributed by atoms with van der Waals surface area (Å²) < 4.78 is 2.24. The fourth-order valence-corrected chi connectivity index (χ4v) is 4.49. The molecule has 2 aromatic heterocycles. The van der Waals surface area contributed by atoms with E-state index in [1.54, 1.807) is 6.07 Å². The lowest BCUT2D eigenvalue weighted by Gasteiger charge is -2.22. The van der Waals surface area contributed by atoms with Crippen LogP contribution in [0.5, 0.6) is 5.75 Å². The second-order valence-electron chi connectivity index (χ2n) is 8.00. The van der Waals surface area contributed by atoms with Crippen LogP contribution in [0.15, 0.2) is 103 Å². The van der Waals surface area contributed by atoms with Gasteiger partial charge >= 0.3 is 0 Å². The molecule has 5 aromatic rings. The highest BCUT2D eigenvalue weighted by Crippen LogP contribution is 2.32. The monoisotopic (exact) mass is 418 g/mol. The quantitative estimate of drug-likeness (QED) is 0.411. The Balaban J connectivity index is 1.32. The van der Waals surface area contributed by atoms with Crippen molar-refractivity contribution in [3.8, 4) is 11.6 Å². The van der Waals surface area contributed by atoms with Crippen LogP contribution in [-0.2, 0) is 6.54 Å². The molecule has 3 aromatic carbocycles. The third kappa shape index (κ3) is 3.06. The number of anilines is 1. The van der Waals surface area contributed by atoms with E-state index in [9.17, 15) is 5.11 Å². The van der Waals surface area contributed by atoms with E-state index in [2.05, 4.69) is 76.2 Å². The van der Waals surface area contributed by atoms with Crippen LogP contribution in [0.4, 0.5) is 5.69 Å². The topological polar surface area (TPSA) is 44.5 Å². The first-order valence-corrected chi connectivity index (χ1v) is 10.7. The van der Waals surface area contributed by atoms with E-state index in [0.29, 0.717) is 13.2 Å². The molecule has 1 aliphatic rings. The Bertz CT molecular complexity index is 1420. The summed E-state index contributed by atoms with van der Waals surface area (Å²) in [6.07, 6.45) is 4.03. The molecule has 0 amide bonds. The summed E-state index contributed by atoms with van der Waals surface area (Å²) in [4.78, 5) is 9.23. The number of para-hydroxylation sites is 4. The molecule has 0 fully saturated rings. The van der Waals surface area contributed by atoms with Crippen LogP contribution in [-0.4, -0.2) is 26.2 Å². The number of fused-ring (bicyclic) bond motifs is 3. The van der Waals surface area contributed by atoms with Crippen LogP contribution in [0.25, 0.3) is 27.6 Å². The van der Waals surface area contributed by atoms with E-state index in [-0.39, 0.29) is 5.75 Å². The van der Waals surface area contributed by atoms with E-state index in [0.717, 1.165) is 28.2 Å². The van der Waals surface area contributed by atoms with Gasteiger partial charge in [-0.25, -0.2) is 4.98 Å². The zero-order chi connectivity index (χ0) is 21.5. The van der Waals surface area contributed by atoms with Gasteiger partial charge in [-0.05, 0) is 36.4 Å². The minimum absolute atomic E-state index is 0.283. The second kappa shape index (κ2) is 7.46. The molecule has 0 unspecified atom stereocenters. The van der Waals surface area contributed by atoms with Crippen molar-refractivity contribution in [3.05, 3.63) is 109 Å². The van der Waals surface area contributed by atoms with Gasteiger partial charge < -0.3 is 14.9 Å². The largest absolute Gasteiger partial charge is 0.506 e. The molecule has 0 atom stereocenters. The lowest BCUT2D eigenvalue weighted by molar-refractivity contribution is 0.392. The van der Waals surface area contributed by atoms with E-state index in [1.807, 2.05) is 35.5 Å². The molecular formula is C27H22N4O. The SMILES string of the molecule is Oc1ccccc1N1C=CN(Cc2cccc(-n3c4ccccc4c4ccccc43)n2)C1. The highest BCUT2D eigenvalue weighted by molar-refractivity contribution is 6.09. The van der Waals surface area contributed by atoms with Gasteiger partial charge in [0, 0.05) is 23.2 Å². The van der Waals surface area contributed by atoms with E-state index >= 15 is 0 Å². The highest BCUT2D eigenvalue weighted by atomic mass is 16.3. The first kappa shape index (κ1) is 18.5. The minimum Gasteiger partial charge on any atom is -0.506 e. The van der Waals surface area contributed by atoms with Crippen LogP contribution in [0.2, 0.25) is 0 Å². The van der Waals surface area contributed by atoms with Gasteiger partial charge in [0.1, 0.15) is 11.6 Å². The maximum Gasteiger partial charge on any atom is 0.139 e. The molecule has 32 heavy (non-hydrogen) atoms. The molecule has 6 rings (SSSR count). The van der Waals surface area contributed by atoms with Crippen molar-refractivity contribution in [2.45, 2.75) is 6.54 Å². The maximum absolute atomic E-state index is 10.2. The van der Waals surface area contributed by atoms with Crippen molar-refractivity contribution in [2.75, 3.05) is 11.6 Å². The van der Waals surface area contributed by atoms with Gasteiger partial charge in [-0.3, -0.25) is 4.57 Å². The van der Waals surface area contributed by atoms with Gasteiger partial charge in [0.25, 0.3) is 0 Å². The third-order valence-corrected chi connectivity index (χ3v) is 5.95. The maximum atomic E-state index is 10.2. The fraction of sp³-hybridized carbons (Fsp3) is 0.0741. The smallest absolute Gasteiger partial charge is 0.139 e. The summed E-state index contributed by atoms with van der Waals surface area (Å²) in [6.45, 7) is 1.35. The summed E-state index contributed by atoms with van der Waals surface area (Å²) in [5.74, 6) is 1.20. The lowest BCUT2D eigenvalue weighted by atomic mass is 10.2. The first-order chi connectivity index (χ1) is 15.8. The summed E-state index contributed by atoms with van der Waals surface area (Å²) in [7, 11) is 0. The molecule has 0 saturated heterocycles. The number of benzene rings is 3. The first-order valence-electron chi connectivity index (χ1n) is 10.7. The Morgan fingerprint density at radius 3 is 2.16 bits per heavy atom. The summed E-state index contributed by atoms with van der Waals surface area (Å²) in [5, 5.41) is 12.6. The molecular weight excluding hydrogens is 396 g/mol. The van der Waals surface area contributed by atoms with Gasteiger partial charge in [-0.2, -0.15) is 0 Å². The zero-order valence-corrected chi connectivity index (χ0v) is 17.5. The van der Waals surface area contributed by atoms with Gasteiger partial charge in [0.05, 0.1) is 35.6 Å². The number of phenolic OH excluding ortho intramolecular Hbond substituents is 1. The number of aromatic nitrogens is 2. The van der Waals surface area contributed by atoms with Crippen molar-refractivity contribution in [1.29, 1.82) is 0 Å². The third-order valence-electron chi connectivity index (χ3n) is 5.95. The minimum atomic E-state index is 0.283. The van der Waals surface area contributed by atoms with Crippen molar-refractivity contribution in [1.82, 2.24) is 14.5 Å². The Hall–Kier alpha value is -4.25. The van der Waals surface area contributed by atoms with Crippen LogP contribution in [0, 0.1) is 0 Å². The summed E-state index contributed by atoms with van der Waals surface area (Å²) in [5.41, 5.74) is 4.11. The predicted molar refractivity (Wildman–Crippen MR) is 129 cm³/mol. The van der Waals surface area contributed by atoms with Gasteiger partial charge in [-0.15, -0.1) is 0 Å². The number of aromatic hydroxyl groups is 1. The molecule has 156 valence electrons. The molecule has 3 heterocycles. The van der Waals surface area contributed by atoms with E-state index in [4.69, 9.17) is 4.98 Å². The van der Waals surface area contributed by atoms with Gasteiger partial charge in [0.15, 0.2) is 0 Å². The highest BCUT2D eigenvalue weighted by Gasteiger charge is 2.18. The van der Waals surface area contributed by atoms with E-state index in [1.165, 1.54) is 10.8 Å². The van der Waals surface area contributed by atoms with Crippen LogP contribution in [0.1, 0.15) is 5.69 Å². The number of phenols is 1. The Labute approximate surface area is 186 Å². The number of rotatable bonds is 4. The molecule has 5 heteroatoms. The lowest BCUT2D eigenvalue weighted by Crippen LogP contribution is -2.25. The standard InChI is InChI=1S/C27H22N4O/c32-26-14-6-5-13-25(26)30-17-16-29(19-30)18-20-8-7-15-27(28-20)31-23-11-3-1-9-21(23)22-10-2-4-12-24(22)31/h1-17,32H,18-19H2. The van der Waals surface area contributed by atoms with Crippen LogP contribution >= 0.6 is 0 Å². The van der Waals surface area contributed by atoms with Gasteiger partial charge in [0.2, 0.25) is 0 Å². The second-order valence-corrected chi connectivity index (χ2v) is 8.00. The number of hydrogen-bond donors (Lipinski definition) is 1. The van der Waals surface area contributed by atoms with E-state index < -0.39 is 0 Å². The number of pyridine rings is 1. The number of nitrogens with zero attached hydrogens (tertiary/aromatic N) is 4. The average Bonchev–Trinajstić information content (AvgIpc) is 3.42. The van der Waals surface area contributed by atoms with Crippen molar-refractivity contribution >= 4 is 27.5 Å². The van der Waals surface area contributed by atoms with Crippen molar-refractivity contribution in [2.24, 2.45) is 0 Å². The molecule has 0 bridgehead atoms. The predicted octanol–water partition coefficient (Wildman–Crippen LogP) is 5.64. The summed E-state index contributed by atoms with van der Waals surface area (Å²) >= 11 is 0. The summed E-state index contributed by atoms with van der Waals surface area (Å²) in [6, 6.07) is 30.5. The Morgan fingerprint density at radius 2 is 1.41 bits per heavy atom. The van der Waals surface area contributed by atoms with Crippen molar-refractivity contribution in [3.63, 3.8) is 0 Å². The molecule has 0 aliphatic carbocycles. The molecule has 0 spiro atoms. The van der Waals surface area contributed by atoms with Gasteiger partial charge in [-0.1, -0.05) is 54.6 Å². The molecule has 5 nitrogen and oxygen atoms in total. The van der Waals surface area contributed by atoms with Crippen LogP contribution in [0.3, 0.4) is 0 Å². The van der Waals surface area contributed by atoms with Crippen molar-refractivity contribution < 1.29 is 5.11 Å². The average molecular weight is 419 g/mol. The normalized spacial score (nSPS) is 13.5. The van der Waals surface area contributed by atoms with Crippen LogP contribution < -0.4 is 4.90 Å². The number of hydrogen-bond acceptors (Lipinski definition) is 4. The molecule has 0 radical (unpaired) electrons. The fourth-order valence-electron chi connectivity index (χ4n) is 4.49. The molecule has 1 N–H and O–H groups in total. The molecule has 0 saturated carbocycles. The Kier molecular flexibility index (Phi) is 4.32.